The number of aromatic nitrogens is 2. The van der Waals surface area contributed by atoms with Gasteiger partial charge in [-0.05, 0) is 18.6 Å². The standard InChI is InChI=1S/C19H15F2N3/c1-13(11-22)12-24-18-10-16(21)15(20)9-17(18)23-19(24)8-7-14-5-3-2-4-6-14/h2-10,13H,12H2,1H3/b8-7+. The van der Waals surface area contributed by atoms with Crippen LogP contribution < -0.4 is 0 Å². The van der Waals surface area contributed by atoms with Crippen LogP contribution in [0, 0.1) is 28.9 Å². The van der Waals surface area contributed by atoms with E-state index in [1.54, 1.807) is 17.6 Å². The normalized spacial score (nSPS) is 12.6. The second kappa shape index (κ2) is 6.63. The summed E-state index contributed by atoms with van der Waals surface area (Å²) < 4.78 is 28.8. The molecule has 24 heavy (non-hydrogen) atoms. The molecule has 3 aromatic rings. The molecule has 1 aromatic heterocycles. The monoisotopic (exact) mass is 323 g/mol. The number of halogens is 2. The van der Waals surface area contributed by atoms with Crippen molar-refractivity contribution in [3.63, 3.8) is 0 Å². The highest BCUT2D eigenvalue weighted by molar-refractivity contribution is 5.80. The fourth-order valence-corrected chi connectivity index (χ4v) is 2.51. The predicted molar refractivity (Wildman–Crippen MR) is 89.8 cm³/mol. The van der Waals surface area contributed by atoms with Gasteiger partial charge in [0.25, 0.3) is 0 Å². The molecule has 0 aliphatic rings. The predicted octanol–water partition coefficient (Wildman–Crippen LogP) is 4.64. The van der Waals surface area contributed by atoms with Gasteiger partial charge < -0.3 is 4.57 Å². The van der Waals surface area contributed by atoms with Crippen molar-refractivity contribution in [1.29, 1.82) is 5.26 Å². The lowest BCUT2D eigenvalue weighted by atomic mass is 10.2. The first-order valence-electron chi connectivity index (χ1n) is 7.56. The third-order valence-electron chi connectivity index (χ3n) is 3.72. The Hall–Kier alpha value is -3.00. The lowest BCUT2D eigenvalue weighted by molar-refractivity contribution is 0.509. The molecule has 0 aliphatic heterocycles. The third-order valence-corrected chi connectivity index (χ3v) is 3.72. The lowest BCUT2D eigenvalue weighted by Crippen LogP contribution is -2.07. The molecule has 0 N–H and O–H groups in total. The van der Waals surface area contributed by atoms with Gasteiger partial charge >= 0.3 is 0 Å². The van der Waals surface area contributed by atoms with E-state index in [2.05, 4.69) is 11.1 Å². The van der Waals surface area contributed by atoms with Crippen LogP contribution in [0.2, 0.25) is 0 Å². The molecule has 2 aromatic carbocycles. The lowest BCUT2D eigenvalue weighted by Gasteiger charge is -2.08. The van der Waals surface area contributed by atoms with Gasteiger partial charge in [-0.1, -0.05) is 36.4 Å². The smallest absolute Gasteiger partial charge is 0.161 e. The van der Waals surface area contributed by atoms with Crippen LogP contribution in [0.4, 0.5) is 8.78 Å². The Morgan fingerprint density at radius 1 is 1.17 bits per heavy atom. The van der Waals surface area contributed by atoms with Crippen molar-refractivity contribution in [2.24, 2.45) is 5.92 Å². The first kappa shape index (κ1) is 15.9. The molecule has 3 rings (SSSR count). The minimum absolute atomic E-state index is 0.278. The second-order valence-electron chi connectivity index (χ2n) is 5.61. The fourth-order valence-electron chi connectivity index (χ4n) is 2.51. The van der Waals surface area contributed by atoms with Crippen molar-refractivity contribution < 1.29 is 8.78 Å². The molecule has 0 fully saturated rings. The molecule has 0 aliphatic carbocycles. The van der Waals surface area contributed by atoms with E-state index in [0.717, 1.165) is 17.7 Å². The zero-order chi connectivity index (χ0) is 17.1. The number of nitriles is 1. The first-order valence-corrected chi connectivity index (χ1v) is 7.56. The zero-order valence-corrected chi connectivity index (χ0v) is 13.1. The van der Waals surface area contributed by atoms with E-state index >= 15 is 0 Å². The maximum absolute atomic E-state index is 13.6. The van der Waals surface area contributed by atoms with Gasteiger partial charge in [-0.25, -0.2) is 13.8 Å². The fraction of sp³-hybridized carbons (Fsp3) is 0.158. The topological polar surface area (TPSA) is 41.6 Å². The Morgan fingerprint density at radius 3 is 2.58 bits per heavy atom. The molecule has 1 unspecified atom stereocenters. The molecular formula is C19H15F2N3. The molecular weight excluding hydrogens is 308 g/mol. The molecule has 5 heteroatoms. The summed E-state index contributed by atoms with van der Waals surface area (Å²) in [6.45, 7) is 2.13. The van der Waals surface area contributed by atoms with Crippen molar-refractivity contribution in [2.75, 3.05) is 0 Å². The molecule has 0 amide bonds. The van der Waals surface area contributed by atoms with Crippen LogP contribution in [-0.4, -0.2) is 9.55 Å². The van der Waals surface area contributed by atoms with Crippen LogP contribution in [-0.2, 0) is 6.54 Å². The summed E-state index contributed by atoms with van der Waals surface area (Å²) >= 11 is 0. The average Bonchev–Trinajstić information content (AvgIpc) is 2.91. The number of benzene rings is 2. The molecule has 1 atom stereocenters. The number of hydrogen-bond donors (Lipinski definition) is 0. The molecule has 1 heterocycles. The minimum atomic E-state index is -0.931. The summed E-state index contributed by atoms with van der Waals surface area (Å²) in [7, 11) is 0. The van der Waals surface area contributed by atoms with Crippen LogP contribution in [0.1, 0.15) is 18.3 Å². The first-order chi connectivity index (χ1) is 11.6. The molecule has 0 spiro atoms. The van der Waals surface area contributed by atoms with Gasteiger partial charge in [0.05, 0.1) is 23.0 Å². The van der Waals surface area contributed by atoms with E-state index in [-0.39, 0.29) is 5.92 Å². The van der Waals surface area contributed by atoms with Gasteiger partial charge in [0.1, 0.15) is 5.82 Å². The Labute approximate surface area is 138 Å². The van der Waals surface area contributed by atoms with Gasteiger partial charge in [-0.15, -0.1) is 0 Å². The van der Waals surface area contributed by atoms with Crippen LogP contribution in [0.15, 0.2) is 42.5 Å². The van der Waals surface area contributed by atoms with Gasteiger partial charge in [0.2, 0.25) is 0 Å². The van der Waals surface area contributed by atoms with E-state index in [1.165, 1.54) is 0 Å². The summed E-state index contributed by atoms with van der Waals surface area (Å²) in [5, 5.41) is 9.07. The number of imidazole rings is 1. The minimum Gasteiger partial charge on any atom is -0.323 e. The highest BCUT2D eigenvalue weighted by Gasteiger charge is 2.14. The maximum Gasteiger partial charge on any atom is 0.161 e. The van der Waals surface area contributed by atoms with Crippen LogP contribution in [0.25, 0.3) is 23.2 Å². The maximum atomic E-state index is 13.6. The van der Waals surface area contributed by atoms with Gasteiger partial charge in [0.15, 0.2) is 11.6 Å². The highest BCUT2D eigenvalue weighted by Crippen LogP contribution is 2.22. The van der Waals surface area contributed by atoms with Gasteiger partial charge in [-0.2, -0.15) is 5.26 Å². The third kappa shape index (κ3) is 3.18. The summed E-state index contributed by atoms with van der Waals surface area (Å²) in [6, 6.07) is 14.0. The van der Waals surface area contributed by atoms with Crippen LogP contribution in [0.5, 0.6) is 0 Å². The van der Waals surface area contributed by atoms with Crippen molar-refractivity contribution in [3.8, 4) is 6.07 Å². The Balaban J connectivity index is 2.10. The summed E-state index contributed by atoms with van der Waals surface area (Å²) in [6.07, 6.45) is 3.66. The molecule has 120 valence electrons. The SMILES string of the molecule is CC(C#N)Cn1c(/C=C/c2ccccc2)nc2cc(F)c(F)cc21. The van der Waals surface area contributed by atoms with E-state index in [9.17, 15) is 8.78 Å². The molecule has 0 saturated heterocycles. The second-order valence-corrected chi connectivity index (χ2v) is 5.61. The molecule has 0 radical (unpaired) electrons. The number of nitrogens with zero attached hydrogens (tertiary/aromatic N) is 3. The van der Waals surface area contributed by atoms with Crippen LogP contribution in [0.3, 0.4) is 0 Å². The van der Waals surface area contributed by atoms with Crippen LogP contribution >= 0.6 is 0 Å². The Morgan fingerprint density at radius 2 is 1.88 bits per heavy atom. The van der Waals surface area contributed by atoms with E-state index in [0.29, 0.717) is 23.4 Å². The van der Waals surface area contributed by atoms with Crippen molar-refractivity contribution in [3.05, 3.63) is 65.5 Å². The number of rotatable bonds is 4. The molecule has 3 nitrogen and oxygen atoms in total. The number of fused-ring (bicyclic) bond motifs is 1. The number of hydrogen-bond acceptors (Lipinski definition) is 2. The summed E-state index contributed by atoms with van der Waals surface area (Å²) in [4.78, 5) is 4.38. The van der Waals surface area contributed by atoms with Gasteiger partial charge in [-0.3, -0.25) is 0 Å². The van der Waals surface area contributed by atoms with Crippen molar-refractivity contribution in [2.45, 2.75) is 13.5 Å². The highest BCUT2D eigenvalue weighted by atomic mass is 19.2. The van der Waals surface area contributed by atoms with E-state index in [4.69, 9.17) is 5.26 Å². The van der Waals surface area contributed by atoms with Crippen molar-refractivity contribution in [1.82, 2.24) is 9.55 Å². The average molecular weight is 323 g/mol. The molecule has 0 bridgehead atoms. The summed E-state index contributed by atoms with van der Waals surface area (Å²) in [5.74, 6) is -1.58. The van der Waals surface area contributed by atoms with E-state index < -0.39 is 11.6 Å². The van der Waals surface area contributed by atoms with Gasteiger partial charge in [0, 0.05) is 18.7 Å². The van der Waals surface area contributed by atoms with Crippen molar-refractivity contribution >= 4 is 23.2 Å². The quantitative estimate of drug-likeness (QED) is 0.701. The van der Waals surface area contributed by atoms with E-state index in [1.807, 2.05) is 36.4 Å². The summed E-state index contributed by atoms with van der Waals surface area (Å²) in [5.41, 5.74) is 1.83. The molecule has 0 saturated carbocycles. The Bertz CT molecular complexity index is 937. The zero-order valence-electron chi connectivity index (χ0n) is 13.1. The Kier molecular flexibility index (Phi) is 4.39. The largest absolute Gasteiger partial charge is 0.323 e.